The number of benzene rings is 3. The van der Waals surface area contributed by atoms with Crippen LogP contribution in [0.15, 0.2) is 72.8 Å². The van der Waals surface area contributed by atoms with Gasteiger partial charge in [-0.1, -0.05) is 43.2 Å². The van der Waals surface area contributed by atoms with Gasteiger partial charge >= 0.3 is 0 Å². The molecule has 0 saturated heterocycles. The molecule has 0 radical (unpaired) electrons. The molecule has 5 rings (SSSR count). The lowest BCUT2D eigenvalue weighted by Gasteiger charge is -2.10. The number of fused-ring (bicyclic) bond motifs is 1. The first kappa shape index (κ1) is 20.0. The van der Waals surface area contributed by atoms with E-state index in [4.69, 9.17) is 0 Å². The lowest BCUT2D eigenvalue weighted by molar-refractivity contribution is -0.119. The van der Waals surface area contributed by atoms with Gasteiger partial charge in [-0.3, -0.25) is 9.59 Å². The van der Waals surface area contributed by atoms with Crippen molar-refractivity contribution in [2.45, 2.75) is 25.7 Å². The number of H-pyrrole nitrogens is 1. The highest BCUT2D eigenvalue weighted by atomic mass is 16.2. The molecule has 1 aromatic heterocycles. The molecular formula is C26H24N4O2. The zero-order valence-electron chi connectivity index (χ0n) is 17.6. The van der Waals surface area contributed by atoms with Crippen molar-refractivity contribution in [3.8, 4) is 11.4 Å². The van der Waals surface area contributed by atoms with Gasteiger partial charge in [-0.05, 0) is 55.3 Å². The Morgan fingerprint density at radius 3 is 2.34 bits per heavy atom. The molecule has 1 fully saturated rings. The molecule has 4 aromatic rings. The maximum atomic E-state index is 12.5. The number of carbonyl (C=O) groups excluding carboxylic acids is 2. The molecule has 0 bridgehead atoms. The Hall–Kier alpha value is -3.93. The summed E-state index contributed by atoms with van der Waals surface area (Å²) in [5.74, 6) is 0.788. The van der Waals surface area contributed by atoms with E-state index in [9.17, 15) is 9.59 Å². The van der Waals surface area contributed by atoms with Crippen LogP contribution in [-0.2, 0) is 4.79 Å². The molecule has 3 aromatic carbocycles. The zero-order chi connectivity index (χ0) is 21.9. The van der Waals surface area contributed by atoms with E-state index in [-0.39, 0.29) is 17.7 Å². The smallest absolute Gasteiger partial charge is 0.255 e. The summed E-state index contributed by atoms with van der Waals surface area (Å²) in [6.07, 6.45) is 4.21. The van der Waals surface area contributed by atoms with Gasteiger partial charge < -0.3 is 15.6 Å². The summed E-state index contributed by atoms with van der Waals surface area (Å²) in [6.45, 7) is 0. The van der Waals surface area contributed by atoms with E-state index in [1.165, 1.54) is 0 Å². The number of rotatable bonds is 5. The van der Waals surface area contributed by atoms with Crippen molar-refractivity contribution in [2.75, 3.05) is 10.6 Å². The van der Waals surface area contributed by atoms with E-state index in [0.29, 0.717) is 11.4 Å². The fourth-order valence-corrected chi connectivity index (χ4v) is 4.16. The molecule has 32 heavy (non-hydrogen) atoms. The highest BCUT2D eigenvalue weighted by molar-refractivity contribution is 6.04. The van der Waals surface area contributed by atoms with Crippen molar-refractivity contribution in [2.24, 2.45) is 5.92 Å². The van der Waals surface area contributed by atoms with E-state index in [2.05, 4.69) is 20.6 Å². The minimum atomic E-state index is -0.157. The molecule has 0 atom stereocenters. The Bertz CT molecular complexity index is 1260. The van der Waals surface area contributed by atoms with Crippen molar-refractivity contribution in [3.05, 3.63) is 78.4 Å². The van der Waals surface area contributed by atoms with Crippen LogP contribution in [0.25, 0.3) is 22.4 Å². The number of amides is 2. The van der Waals surface area contributed by atoms with E-state index in [0.717, 1.165) is 53.7 Å². The van der Waals surface area contributed by atoms with Crippen LogP contribution in [0.4, 0.5) is 11.4 Å². The number of anilines is 2. The summed E-state index contributed by atoms with van der Waals surface area (Å²) in [7, 11) is 0. The third kappa shape index (κ3) is 4.25. The van der Waals surface area contributed by atoms with Crippen LogP contribution in [-0.4, -0.2) is 21.8 Å². The number of nitrogens with zero attached hydrogens (tertiary/aromatic N) is 1. The summed E-state index contributed by atoms with van der Waals surface area (Å²) in [4.78, 5) is 32.8. The third-order valence-electron chi connectivity index (χ3n) is 5.93. The molecule has 0 unspecified atom stereocenters. The molecule has 1 saturated carbocycles. The fourth-order valence-electron chi connectivity index (χ4n) is 4.16. The standard InChI is InChI=1S/C26H24N4O2/c31-25(18-6-4-5-7-18)28-21-14-15-22-23(16-21)30-24(29-22)17-10-12-19(13-11-17)26(32)27-20-8-2-1-3-9-20/h1-3,8-16,18H,4-7H2,(H,27,32)(H,28,31)(H,29,30). The number of imidazole rings is 1. The van der Waals surface area contributed by atoms with Crippen LogP contribution in [0.2, 0.25) is 0 Å². The van der Waals surface area contributed by atoms with Gasteiger partial charge in [0.05, 0.1) is 11.0 Å². The zero-order valence-corrected chi connectivity index (χ0v) is 17.6. The highest BCUT2D eigenvalue weighted by Gasteiger charge is 2.22. The molecule has 6 nitrogen and oxygen atoms in total. The van der Waals surface area contributed by atoms with E-state index in [1.807, 2.05) is 60.7 Å². The third-order valence-corrected chi connectivity index (χ3v) is 5.93. The number of hydrogen-bond donors (Lipinski definition) is 3. The maximum absolute atomic E-state index is 12.5. The van der Waals surface area contributed by atoms with Gasteiger partial charge in [0.2, 0.25) is 5.91 Å². The second kappa shape index (κ2) is 8.67. The largest absolute Gasteiger partial charge is 0.338 e. The Labute approximate surface area is 186 Å². The van der Waals surface area contributed by atoms with Crippen molar-refractivity contribution in [1.29, 1.82) is 0 Å². The quantitative estimate of drug-likeness (QED) is 0.389. The van der Waals surface area contributed by atoms with Gasteiger partial charge in [-0.15, -0.1) is 0 Å². The van der Waals surface area contributed by atoms with Crippen LogP contribution >= 0.6 is 0 Å². The number of aromatic amines is 1. The number of hydrogen-bond acceptors (Lipinski definition) is 3. The average molecular weight is 425 g/mol. The Morgan fingerprint density at radius 1 is 0.844 bits per heavy atom. The number of nitrogens with one attached hydrogen (secondary N) is 3. The van der Waals surface area contributed by atoms with Gasteiger partial charge in [0.1, 0.15) is 5.82 Å². The first-order valence-electron chi connectivity index (χ1n) is 10.9. The van der Waals surface area contributed by atoms with Crippen LogP contribution in [0, 0.1) is 5.92 Å². The molecule has 1 aliphatic rings. The molecule has 2 amide bonds. The van der Waals surface area contributed by atoms with Crippen molar-refractivity contribution < 1.29 is 9.59 Å². The SMILES string of the molecule is O=C(Nc1ccccc1)c1ccc(-c2nc3ccc(NC(=O)C4CCCC4)cc3[nH]2)cc1. The van der Waals surface area contributed by atoms with Gasteiger partial charge in [0, 0.05) is 28.4 Å². The van der Waals surface area contributed by atoms with E-state index < -0.39 is 0 Å². The van der Waals surface area contributed by atoms with Crippen LogP contribution in [0.5, 0.6) is 0 Å². The molecule has 3 N–H and O–H groups in total. The molecule has 0 aliphatic heterocycles. The topological polar surface area (TPSA) is 86.9 Å². The Morgan fingerprint density at radius 2 is 1.59 bits per heavy atom. The molecule has 0 spiro atoms. The summed E-state index contributed by atoms with van der Waals surface area (Å²) in [5, 5.41) is 5.92. The molecule has 160 valence electrons. The average Bonchev–Trinajstić information content (AvgIpc) is 3.50. The van der Waals surface area contributed by atoms with Crippen molar-refractivity contribution in [1.82, 2.24) is 9.97 Å². The molecular weight excluding hydrogens is 400 g/mol. The summed E-state index contributed by atoms with van der Waals surface area (Å²) >= 11 is 0. The molecule has 6 heteroatoms. The lowest BCUT2D eigenvalue weighted by Crippen LogP contribution is -2.20. The summed E-state index contributed by atoms with van der Waals surface area (Å²) < 4.78 is 0. The van der Waals surface area contributed by atoms with Crippen LogP contribution in [0.1, 0.15) is 36.0 Å². The minimum Gasteiger partial charge on any atom is -0.338 e. The minimum absolute atomic E-state index is 0.103. The van der Waals surface area contributed by atoms with Crippen LogP contribution < -0.4 is 10.6 Å². The van der Waals surface area contributed by atoms with E-state index in [1.54, 1.807) is 12.1 Å². The Balaban J connectivity index is 1.31. The highest BCUT2D eigenvalue weighted by Crippen LogP contribution is 2.27. The fraction of sp³-hybridized carbons (Fsp3) is 0.192. The maximum Gasteiger partial charge on any atom is 0.255 e. The van der Waals surface area contributed by atoms with Gasteiger partial charge in [0.25, 0.3) is 5.91 Å². The van der Waals surface area contributed by atoms with Gasteiger partial charge in [0.15, 0.2) is 0 Å². The number of carbonyl (C=O) groups is 2. The monoisotopic (exact) mass is 424 g/mol. The molecule has 1 aliphatic carbocycles. The number of para-hydroxylation sites is 1. The second-order valence-electron chi connectivity index (χ2n) is 8.19. The van der Waals surface area contributed by atoms with Crippen molar-refractivity contribution >= 4 is 34.2 Å². The molecule has 1 heterocycles. The van der Waals surface area contributed by atoms with Crippen LogP contribution in [0.3, 0.4) is 0 Å². The van der Waals surface area contributed by atoms with Gasteiger partial charge in [-0.25, -0.2) is 4.98 Å². The lowest BCUT2D eigenvalue weighted by atomic mass is 10.1. The first-order valence-corrected chi connectivity index (χ1v) is 10.9. The van der Waals surface area contributed by atoms with E-state index >= 15 is 0 Å². The van der Waals surface area contributed by atoms with Gasteiger partial charge in [-0.2, -0.15) is 0 Å². The number of aromatic nitrogens is 2. The Kier molecular flexibility index (Phi) is 5.42. The second-order valence-corrected chi connectivity index (χ2v) is 8.19. The summed E-state index contributed by atoms with van der Waals surface area (Å²) in [6, 6.07) is 22.4. The predicted octanol–water partition coefficient (Wildman–Crippen LogP) is 5.61. The summed E-state index contributed by atoms with van der Waals surface area (Å²) in [5.41, 5.74) is 4.67. The normalized spacial score (nSPS) is 13.9. The predicted molar refractivity (Wildman–Crippen MR) is 127 cm³/mol. The first-order chi connectivity index (χ1) is 15.7. The van der Waals surface area contributed by atoms with Crippen molar-refractivity contribution in [3.63, 3.8) is 0 Å².